The number of aromatic nitrogens is 2. The first kappa shape index (κ1) is 11.9. The van der Waals surface area contributed by atoms with Crippen molar-refractivity contribution in [2.45, 2.75) is 12.5 Å². The minimum atomic E-state index is 0.196. The molecule has 1 aliphatic heterocycles. The molecule has 3 rings (SSSR count). The molecule has 1 aromatic carbocycles. The highest BCUT2D eigenvalue weighted by Gasteiger charge is 2.15. The molecule has 1 aliphatic rings. The van der Waals surface area contributed by atoms with Crippen LogP contribution in [0, 0.1) is 0 Å². The van der Waals surface area contributed by atoms with E-state index in [1.807, 2.05) is 18.2 Å². The molecule has 0 unspecified atom stereocenters. The molecule has 19 heavy (non-hydrogen) atoms. The number of para-hydroxylation sites is 1. The van der Waals surface area contributed by atoms with Gasteiger partial charge in [0.25, 0.3) is 0 Å². The second-order valence-electron chi connectivity index (χ2n) is 4.62. The third kappa shape index (κ3) is 2.66. The van der Waals surface area contributed by atoms with Gasteiger partial charge in [0.15, 0.2) is 5.82 Å². The maximum absolute atomic E-state index is 9.83. The van der Waals surface area contributed by atoms with Crippen molar-refractivity contribution in [3.05, 3.63) is 36.5 Å². The summed E-state index contributed by atoms with van der Waals surface area (Å²) in [7, 11) is 0. The van der Waals surface area contributed by atoms with Crippen molar-refractivity contribution in [1.82, 2.24) is 15.3 Å². The summed E-state index contributed by atoms with van der Waals surface area (Å²) in [4.78, 5) is 8.68. The molecule has 0 spiro atoms. The third-order valence-corrected chi connectivity index (χ3v) is 3.21. The Balaban J connectivity index is 1.85. The summed E-state index contributed by atoms with van der Waals surface area (Å²) in [6, 6.07) is 9.35. The maximum Gasteiger partial charge on any atom is 0.165 e. The van der Waals surface area contributed by atoms with Crippen LogP contribution in [0.4, 0.5) is 5.82 Å². The fourth-order valence-corrected chi connectivity index (χ4v) is 2.22. The molecule has 0 aliphatic carbocycles. The lowest BCUT2D eigenvalue weighted by Crippen LogP contribution is -2.22. The molecule has 1 fully saturated rings. The fourth-order valence-electron chi connectivity index (χ4n) is 2.22. The van der Waals surface area contributed by atoms with Crippen molar-refractivity contribution in [3.8, 4) is 17.1 Å². The molecule has 5 nitrogen and oxygen atoms in total. The Hall–Kier alpha value is -2.14. The highest BCUT2D eigenvalue weighted by molar-refractivity contribution is 5.64. The molecule has 1 atom stereocenters. The van der Waals surface area contributed by atoms with Crippen LogP contribution in [-0.2, 0) is 0 Å². The van der Waals surface area contributed by atoms with Crippen LogP contribution in [0.3, 0.4) is 0 Å². The lowest BCUT2D eigenvalue weighted by Gasteiger charge is -2.12. The van der Waals surface area contributed by atoms with E-state index in [1.165, 1.54) is 0 Å². The van der Waals surface area contributed by atoms with Crippen molar-refractivity contribution >= 4 is 5.82 Å². The molecule has 98 valence electrons. The predicted molar refractivity (Wildman–Crippen MR) is 74.0 cm³/mol. The molecule has 1 saturated heterocycles. The van der Waals surface area contributed by atoms with Crippen molar-refractivity contribution in [3.63, 3.8) is 0 Å². The number of phenolic OH excluding ortho intramolecular Hbond substituents is 1. The zero-order valence-electron chi connectivity index (χ0n) is 10.5. The van der Waals surface area contributed by atoms with Gasteiger partial charge in [0.1, 0.15) is 11.6 Å². The number of anilines is 1. The molecule has 2 heterocycles. The predicted octanol–water partition coefficient (Wildman–Crippen LogP) is 1.62. The normalized spacial score (nSPS) is 18.4. The summed E-state index contributed by atoms with van der Waals surface area (Å²) in [6.07, 6.45) is 2.80. The van der Waals surface area contributed by atoms with Crippen LogP contribution in [0.25, 0.3) is 11.4 Å². The first-order valence-electron chi connectivity index (χ1n) is 6.41. The Morgan fingerprint density at radius 1 is 1.26 bits per heavy atom. The molecular weight excluding hydrogens is 240 g/mol. The molecule has 0 saturated carbocycles. The largest absolute Gasteiger partial charge is 0.507 e. The van der Waals surface area contributed by atoms with Gasteiger partial charge < -0.3 is 15.7 Å². The second kappa shape index (κ2) is 5.24. The van der Waals surface area contributed by atoms with Gasteiger partial charge in [0, 0.05) is 18.8 Å². The topological polar surface area (TPSA) is 70.1 Å². The lowest BCUT2D eigenvalue weighted by molar-refractivity contribution is 0.477. The van der Waals surface area contributed by atoms with Gasteiger partial charge in [0.05, 0.1) is 5.56 Å². The highest BCUT2D eigenvalue weighted by Crippen LogP contribution is 2.26. The Bertz CT molecular complexity index is 567. The number of rotatable bonds is 3. The minimum absolute atomic E-state index is 0.196. The molecule has 5 heteroatoms. The SMILES string of the molecule is Oc1ccccc1-c1nccc(N[C@H]2CCNC2)n1. The minimum Gasteiger partial charge on any atom is -0.507 e. The van der Waals surface area contributed by atoms with E-state index in [2.05, 4.69) is 20.6 Å². The summed E-state index contributed by atoms with van der Waals surface area (Å²) in [5, 5.41) is 16.5. The zero-order valence-corrected chi connectivity index (χ0v) is 10.5. The molecule has 2 aromatic rings. The van der Waals surface area contributed by atoms with Gasteiger partial charge in [-0.25, -0.2) is 9.97 Å². The number of nitrogens with one attached hydrogen (secondary N) is 2. The van der Waals surface area contributed by atoms with Crippen LogP contribution in [0.5, 0.6) is 5.75 Å². The number of benzene rings is 1. The van der Waals surface area contributed by atoms with Gasteiger partial charge in [0.2, 0.25) is 0 Å². The molecule has 1 aromatic heterocycles. The van der Waals surface area contributed by atoms with Gasteiger partial charge in [-0.2, -0.15) is 0 Å². The maximum atomic E-state index is 9.83. The highest BCUT2D eigenvalue weighted by atomic mass is 16.3. The second-order valence-corrected chi connectivity index (χ2v) is 4.62. The van der Waals surface area contributed by atoms with Gasteiger partial charge in [-0.05, 0) is 31.2 Å². The number of hydrogen-bond acceptors (Lipinski definition) is 5. The van der Waals surface area contributed by atoms with Gasteiger partial charge in [-0.15, -0.1) is 0 Å². The number of nitrogens with zero attached hydrogens (tertiary/aromatic N) is 2. The van der Waals surface area contributed by atoms with Gasteiger partial charge in [-0.3, -0.25) is 0 Å². The third-order valence-electron chi connectivity index (χ3n) is 3.21. The quantitative estimate of drug-likeness (QED) is 0.778. The molecule has 0 amide bonds. The first-order valence-corrected chi connectivity index (χ1v) is 6.41. The van der Waals surface area contributed by atoms with Crippen LogP contribution in [0.1, 0.15) is 6.42 Å². The van der Waals surface area contributed by atoms with E-state index >= 15 is 0 Å². The Morgan fingerprint density at radius 3 is 2.95 bits per heavy atom. The molecule has 3 N–H and O–H groups in total. The Morgan fingerprint density at radius 2 is 2.16 bits per heavy atom. The summed E-state index contributed by atoms with van der Waals surface area (Å²) in [6.45, 7) is 1.99. The van der Waals surface area contributed by atoms with Crippen molar-refractivity contribution < 1.29 is 5.11 Å². The summed E-state index contributed by atoms with van der Waals surface area (Å²) >= 11 is 0. The Labute approximate surface area is 111 Å². The van der Waals surface area contributed by atoms with Crippen LogP contribution in [0.2, 0.25) is 0 Å². The monoisotopic (exact) mass is 256 g/mol. The molecule has 0 radical (unpaired) electrons. The van der Waals surface area contributed by atoms with Crippen molar-refractivity contribution in [1.29, 1.82) is 0 Å². The number of aromatic hydroxyl groups is 1. The smallest absolute Gasteiger partial charge is 0.165 e. The fraction of sp³-hybridized carbons (Fsp3) is 0.286. The van der Waals surface area contributed by atoms with E-state index in [9.17, 15) is 5.11 Å². The van der Waals surface area contributed by atoms with E-state index in [0.717, 1.165) is 25.3 Å². The summed E-state index contributed by atoms with van der Waals surface area (Å²) in [5.74, 6) is 1.53. The van der Waals surface area contributed by atoms with E-state index in [-0.39, 0.29) is 5.75 Å². The molecule has 0 bridgehead atoms. The lowest BCUT2D eigenvalue weighted by atomic mass is 10.2. The van der Waals surface area contributed by atoms with Crippen molar-refractivity contribution in [2.24, 2.45) is 0 Å². The zero-order chi connectivity index (χ0) is 13.1. The first-order chi connectivity index (χ1) is 9.33. The van der Waals surface area contributed by atoms with Crippen molar-refractivity contribution in [2.75, 3.05) is 18.4 Å². The van der Waals surface area contributed by atoms with E-state index < -0.39 is 0 Å². The number of hydrogen-bond donors (Lipinski definition) is 3. The van der Waals surface area contributed by atoms with Gasteiger partial charge >= 0.3 is 0 Å². The average molecular weight is 256 g/mol. The van der Waals surface area contributed by atoms with E-state index in [0.29, 0.717) is 17.4 Å². The number of phenols is 1. The van der Waals surface area contributed by atoms with Gasteiger partial charge in [-0.1, -0.05) is 12.1 Å². The summed E-state index contributed by atoms with van der Waals surface area (Å²) in [5.41, 5.74) is 0.649. The molecular formula is C14H16N4O. The van der Waals surface area contributed by atoms with E-state index in [1.54, 1.807) is 18.3 Å². The average Bonchev–Trinajstić information content (AvgIpc) is 2.92. The summed E-state index contributed by atoms with van der Waals surface area (Å²) < 4.78 is 0. The Kier molecular flexibility index (Phi) is 3.29. The van der Waals surface area contributed by atoms with Crippen LogP contribution in [0.15, 0.2) is 36.5 Å². The van der Waals surface area contributed by atoms with Crippen LogP contribution >= 0.6 is 0 Å². The van der Waals surface area contributed by atoms with E-state index in [4.69, 9.17) is 0 Å². The van der Waals surface area contributed by atoms with Crippen LogP contribution < -0.4 is 10.6 Å². The standard InChI is InChI=1S/C14H16N4O/c19-12-4-2-1-3-11(12)14-16-8-6-13(18-14)17-10-5-7-15-9-10/h1-4,6,8,10,15,19H,5,7,9H2,(H,16,17,18)/t10-/m0/s1. The van der Waals surface area contributed by atoms with Crippen LogP contribution in [-0.4, -0.2) is 34.2 Å².